The van der Waals surface area contributed by atoms with Crippen molar-refractivity contribution < 1.29 is 37.7 Å². The van der Waals surface area contributed by atoms with Crippen LogP contribution in [0.25, 0.3) is 11.2 Å². The van der Waals surface area contributed by atoms with Gasteiger partial charge in [0.15, 0.2) is 5.65 Å². The molecular weight excluding hydrogens is 495 g/mol. The molecule has 2 amide bonds. The number of alkyl halides is 3. The number of carbonyl (C=O) groups is 2. The molecule has 3 heterocycles. The van der Waals surface area contributed by atoms with Crippen LogP contribution in [0.15, 0.2) is 30.5 Å². The molecule has 5 rings (SSSR count). The number of hydrogen-bond donors (Lipinski definition) is 4. The Kier molecular flexibility index (Phi) is 6.40. The Labute approximate surface area is 208 Å². The van der Waals surface area contributed by atoms with E-state index in [2.05, 4.69) is 14.7 Å². The van der Waals surface area contributed by atoms with Gasteiger partial charge in [-0.2, -0.15) is 0 Å². The maximum absolute atomic E-state index is 13.2. The Bertz CT molecular complexity index is 1330. The SMILES string of the molecule is O=C(O)Nc1cc(OC(F)(F)F)ccc1C(=O)N1CCC(c2ccnc3[nH]c(C4CC(O)C4)nc23)CC1. The van der Waals surface area contributed by atoms with Gasteiger partial charge in [0, 0.05) is 31.3 Å². The van der Waals surface area contributed by atoms with Crippen LogP contribution in [-0.4, -0.2) is 67.6 Å². The minimum absolute atomic E-state index is 0.0682. The lowest BCUT2D eigenvalue weighted by atomic mass is 9.82. The van der Waals surface area contributed by atoms with Crippen molar-refractivity contribution in [3.8, 4) is 5.75 Å². The summed E-state index contributed by atoms with van der Waals surface area (Å²) in [6.07, 6.45) is -2.50. The monoisotopic (exact) mass is 519 g/mol. The van der Waals surface area contributed by atoms with E-state index in [0.717, 1.165) is 35.1 Å². The van der Waals surface area contributed by atoms with Crippen LogP contribution in [0.5, 0.6) is 5.75 Å². The molecular formula is C24H24F3N5O5. The predicted octanol–water partition coefficient (Wildman–Crippen LogP) is 4.20. The molecule has 0 spiro atoms. The number of piperidine rings is 1. The first kappa shape index (κ1) is 24.8. The number of likely N-dealkylation sites (tertiary alicyclic amines) is 1. The molecule has 0 bridgehead atoms. The molecule has 0 unspecified atom stereocenters. The maximum Gasteiger partial charge on any atom is 0.573 e. The number of amides is 2. The van der Waals surface area contributed by atoms with Crippen LogP contribution in [0.2, 0.25) is 0 Å². The van der Waals surface area contributed by atoms with Crippen molar-refractivity contribution in [2.24, 2.45) is 0 Å². The summed E-state index contributed by atoms with van der Waals surface area (Å²) < 4.78 is 41.6. The molecule has 37 heavy (non-hydrogen) atoms. The highest BCUT2D eigenvalue weighted by Gasteiger charge is 2.34. The summed E-state index contributed by atoms with van der Waals surface area (Å²) >= 11 is 0. The predicted molar refractivity (Wildman–Crippen MR) is 125 cm³/mol. The molecule has 1 saturated heterocycles. The zero-order chi connectivity index (χ0) is 26.3. The molecule has 1 saturated carbocycles. The molecule has 196 valence electrons. The van der Waals surface area contributed by atoms with E-state index in [1.54, 1.807) is 11.1 Å². The number of pyridine rings is 1. The summed E-state index contributed by atoms with van der Waals surface area (Å²) in [6.45, 7) is 0.736. The van der Waals surface area contributed by atoms with E-state index in [1.807, 2.05) is 11.4 Å². The van der Waals surface area contributed by atoms with Gasteiger partial charge < -0.3 is 24.8 Å². The van der Waals surface area contributed by atoms with E-state index in [9.17, 15) is 27.9 Å². The van der Waals surface area contributed by atoms with E-state index in [1.165, 1.54) is 0 Å². The van der Waals surface area contributed by atoms with Crippen LogP contribution in [0, 0.1) is 0 Å². The van der Waals surface area contributed by atoms with Gasteiger partial charge in [-0.3, -0.25) is 10.1 Å². The van der Waals surface area contributed by atoms with Crippen molar-refractivity contribution >= 4 is 28.9 Å². The molecule has 0 radical (unpaired) electrons. The number of H-pyrrole nitrogens is 1. The largest absolute Gasteiger partial charge is 0.573 e. The van der Waals surface area contributed by atoms with Gasteiger partial charge in [0.2, 0.25) is 0 Å². The summed E-state index contributed by atoms with van der Waals surface area (Å²) in [4.78, 5) is 38.3. The molecule has 13 heteroatoms. The highest BCUT2D eigenvalue weighted by atomic mass is 19.4. The highest BCUT2D eigenvalue weighted by Crippen LogP contribution is 2.38. The number of hydrogen-bond acceptors (Lipinski definition) is 6. The van der Waals surface area contributed by atoms with Crippen LogP contribution in [-0.2, 0) is 0 Å². The number of aliphatic hydroxyl groups is 1. The minimum Gasteiger partial charge on any atom is -0.465 e. The second kappa shape index (κ2) is 9.54. The van der Waals surface area contributed by atoms with E-state index in [-0.39, 0.29) is 29.2 Å². The average Bonchev–Trinajstić information content (AvgIpc) is 3.24. The van der Waals surface area contributed by atoms with E-state index in [4.69, 9.17) is 10.1 Å². The quantitative estimate of drug-likeness (QED) is 0.396. The molecule has 0 atom stereocenters. The van der Waals surface area contributed by atoms with Crippen LogP contribution >= 0.6 is 0 Å². The van der Waals surface area contributed by atoms with Crippen molar-refractivity contribution in [1.29, 1.82) is 0 Å². The molecule has 1 aliphatic heterocycles. The van der Waals surface area contributed by atoms with Gasteiger partial charge in [-0.05, 0) is 55.4 Å². The molecule has 2 aromatic heterocycles. The van der Waals surface area contributed by atoms with E-state index >= 15 is 0 Å². The highest BCUT2D eigenvalue weighted by molar-refractivity contribution is 6.02. The number of aliphatic hydroxyl groups excluding tert-OH is 1. The number of aromatic amines is 1. The first-order valence-corrected chi connectivity index (χ1v) is 11.8. The normalized spacial score (nSPS) is 20.5. The standard InChI is InChI=1S/C24H24F3N5O5/c25-24(26,27)37-15-1-2-17(18(11-15)29-23(35)36)22(34)32-7-4-12(5-8-32)16-3-6-28-21-19(16)30-20(31-21)13-9-14(33)10-13/h1-3,6,11-14,29,33H,4-5,7-10H2,(H,35,36)(H,28,30,31). The smallest absolute Gasteiger partial charge is 0.465 e. The Morgan fingerprint density at radius 2 is 1.86 bits per heavy atom. The van der Waals surface area contributed by atoms with Crippen molar-refractivity contribution in [2.45, 2.75) is 50.0 Å². The summed E-state index contributed by atoms with van der Waals surface area (Å²) in [5, 5.41) is 20.7. The topological polar surface area (TPSA) is 141 Å². The van der Waals surface area contributed by atoms with Crippen LogP contribution in [0.1, 0.15) is 59.3 Å². The van der Waals surface area contributed by atoms with Crippen LogP contribution in [0.3, 0.4) is 0 Å². The first-order chi connectivity index (χ1) is 17.6. The number of carbonyl (C=O) groups excluding carboxylic acids is 1. The average molecular weight is 519 g/mol. The maximum atomic E-state index is 13.2. The number of carboxylic acid groups (broad SMARTS) is 1. The van der Waals surface area contributed by atoms with Crippen LogP contribution in [0.4, 0.5) is 23.7 Å². The van der Waals surface area contributed by atoms with Crippen molar-refractivity contribution in [3.05, 3.63) is 47.4 Å². The molecule has 1 aliphatic carbocycles. The van der Waals surface area contributed by atoms with Gasteiger partial charge in [-0.15, -0.1) is 13.2 Å². The van der Waals surface area contributed by atoms with Crippen molar-refractivity contribution in [1.82, 2.24) is 19.9 Å². The summed E-state index contributed by atoms with van der Waals surface area (Å²) in [5.74, 6) is -0.0339. The number of fused-ring (bicyclic) bond motifs is 1. The number of ether oxygens (including phenoxy) is 1. The molecule has 1 aromatic carbocycles. The molecule has 10 nitrogen and oxygen atoms in total. The lowest BCUT2D eigenvalue weighted by Gasteiger charge is -2.32. The number of benzene rings is 1. The number of halogens is 3. The zero-order valence-electron chi connectivity index (χ0n) is 19.5. The number of imidazole rings is 1. The van der Waals surface area contributed by atoms with E-state index in [0.29, 0.717) is 44.4 Å². The van der Waals surface area contributed by atoms with E-state index < -0.39 is 24.1 Å². The van der Waals surface area contributed by atoms with Gasteiger partial charge >= 0.3 is 12.5 Å². The summed E-state index contributed by atoms with van der Waals surface area (Å²) in [7, 11) is 0. The Hall–Kier alpha value is -3.87. The van der Waals surface area contributed by atoms with Crippen molar-refractivity contribution in [3.63, 3.8) is 0 Å². The second-order valence-corrected chi connectivity index (χ2v) is 9.29. The number of rotatable bonds is 5. The third-order valence-corrected chi connectivity index (χ3v) is 6.85. The van der Waals surface area contributed by atoms with Gasteiger partial charge in [0.05, 0.1) is 17.4 Å². The number of aromatic nitrogens is 3. The lowest BCUT2D eigenvalue weighted by molar-refractivity contribution is -0.274. The fraction of sp³-hybridized carbons (Fsp3) is 0.417. The third-order valence-electron chi connectivity index (χ3n) is 6.85. The third kappa shape index (κ3) is 5.31. The fourth-order valence-electron chi connectivity index (χ4n) is 4.97. The Balaban J connectivity index is 1.30. The second-order valence-electron chi connectivity index (χ2n) is 9.29. The van der Waals surface area contributed by atoms with Crippen LogP contribution < -0.4 is 10.1 Å². The Morgan fingerprint density at radius 1 is 1.14 bits per heavy atom. The minimum atomic E-state index is -4.96. The van der Waals surface area contributed by atoms with Gasteiger partial charge in [0.1, 0.15) is 17.1 Å². The zero-order valence-corrected chi connectivity index (χ0v) is 19.5. The first-order valence-electron chi connectivity index (χ1n) is 11.8. The fourth-order valence-corrected chi connectivity index (χ4v) is 4.97. The summed E-state index contributed by atoms with van der Waals surface area (Å²) in [6, 6.07) is 4.85. The van der Waals surface area contributed by atoms with Gasteiger partial charge in [-0.25, -0.2) is 14.8 Å². The lowest BCUT2D eigenvalue weighted by Crippen LogP contribution is -2.38. The molecule has 2 aliphatic rings. The number of anilines is 1. The number of nitrogens with one attached hydrogen (secondary N) is 2. The summed E-state index contributed by atoms with van der Waals surface area (Å²) in [5.41, 5.74) is 2.11. The molecule has 4 N–H and O–H groups in total. The molecule has 3 aromatic rings. The van der Waals surface area contributed by atoms with Gasteiger partial charge in [-0.1, -0.05) is 0 Å². The number of nitrogens with zero attached hydrogens (tertiary/aromatic N) is 3. The van der Waals surface area contributed by atoms with Crippen molar-refractivity contribution in [2.75, 3.05) is 18.4 Å². The van der Waals surface area contributed by atoms with Gasteiger partial charge in [0.25, 0.3) is 5.91 Å². The Morgan fingerprint density at radius 3 is 2.51 bits per heavy atom. The molecule has 2 fully saturated rings.